The average Bonchev–Trinajstić information content (AvgIpc) is 3.53. The number of fused-ring (bicyclic) bond motifs is 2. The monoisotopic (exact) mass is 409 g/mol. The molecule has 0 atom stereocenters. The molecule has 1 aliphatic rings. The normalized spacial score (nSPS) is 13.8. The summed E-state index contributed by atoms with van der Waals surface area (Å²) in [6, 6.07) is 14.4. The van der Waals surface area contributed by atoms with E-state index in [1.54, 1.807) is 17.5 Å². The maximum atomic E-state index is 4.95. The lowest BCUT2D eigenvalue weighted by atomic mass is 10.1. The molecule has 0 saturated heterocycles. The molecular formula is C24H19N5S. The zero-order chi connectivity index (χ0) is 20.1. The fourth-order valence-corrected chi connectivity index (χ4v) is 4.88. The van der Waals surface area contributed by atoms with Crippen LogP contribution in [0.5, 0.6) is 0 Å². The Balaban J connectivity index is 1.45. The van der Waals surface area contributed by atoms with E-state index in [0.29, 0.717) is 5.92 Å². The second-order valence-corrected chi connectivity index (χ2v) is 8.81. The molecule has 4 aromatic heterocycles. The van der Waals surface area contributed by atoms with Crippen LogP contribution in [-0.2, 0) is 0 Å². The molecule has 1 N–H and O–H groups in total. The topological polar surface area (TPSA) is 63.6 Å². The van der Waals surface area contributed by atoms with Gasteiger partial charge in [-0.1, -0.05) is 0 Å². The maximum absolute atomic E-state index is 4.95. The fraction of sp³-hybridized carbons (Fsp3) is 0.167. The molecule has 6 rings (SSSR count). The molecule has 30 heavy (non-hydrogen) atoms. The van der Waals surface area contributed by atoms with E-state index in [4.69, 9.17) is 9.97 Å². The zero-order valence-electron chi connectivity index (χ0n) is 16.5. The summed E-state index contributed by atoms with van der Waals surface area (Å²) in [4.78, 5) is 18.6. The predicted octanol–water partition coefficient (Wildman–Crippen LogP) is 6.23. The SMILES string of the molecule is Cc1ccncc1-c1cc2ncccc2c(Nc2ccc3nc(C4CC4)sc3c2)n1. The number of hydrogen-bond acceptors (Lipinski definition) is 6. The van der Waals surface area contributed by atoms with Crippen molar-refractivity contribution in [1.29, 1.82) is 0 Å². The van der Waals surface area contributed by atoms with Gasteiger partial charge in [0.1, 0.15) is 5.82 Å². The standard InChI is InChI=1S/C24H19N5S/c1-14-8-10-25-13-18(14)21-12-20-17(3-2-9-26-20)23(28-21)27-16-6-7-19-22(11-16)30-24(29-19)15-4-5-15/h2-3,6-13,15H,4-5H2,1H3,(H,27,28). The minimum atomic E-state index is 0.676. The van der Waals surface area contributed by atoms with Crippen LogP contribution in [0.25, 0.3) is 32.4 Å². The summed E-state index contributed by atoms with van der Waals surface area (Å²) in [5, 5.41) is 5.79. The van der Waals surface area contributed by atoms with Crippen LogP contribution >= 0.6 is 11.3 Å². The molecular weight excluding hydrogens is 390 g/mol. The van der Waals surface area contributed by atoms with Crippen LogP contribution in [0, 0.1) is 6.92 Å². The van der Waals surface area contributed by atoms with E-state index in [0.717, 1.165) is 44.7 Å². The van der Waals surface area contributed by atoms with Gasteiger partial charge in [-0.3, -0.25) is 9.97 Å². The molecule has 0 aliphatic heterocycles. The first-order valence-electron chi connectivity index (χ1n) is 10.1. The van der Waals surface area contributed by atoms with Crippen molar-refractivity contribution >= 4 is 44.0 Å². The van der Waals surface area contributed by atoms with Crippen molar-refractivity contribution in [3.63, 3.8) is 0 Å². The molecule has 5 nitrogen and oxygen atoms in total. The molecule has 0 amide bonds. The summed E-state index contributed by atoms with van der Waals surface area (Å²) in [6.07, 6.45) is 8.02. The van der Waals surface area contributed by atoms with E-state index in [2.05, 4.69) is 40.4 Å². The smallest absolute Gasteiger partial charge is 0.140 e. The molecule has 0 bridgehead atoms. The number of nitrogens with zero attached hydrogens (tertiary/aromatic N) is 4. The molecule has 0 unspecified atom stereocenters. The predicted molar refractivity (Wildman–Crippen MR) is 122 cm³/mol. The van der Waals surface area contributed by atoms with Crippen LogP contribution in [0.4, 0.5) is 11.5 Å². The van der Waals surface area contributed by atoms with E-state index in [-0.39, 0.29) is 0 Å². The highest BCUT2D eigenvalue weighted by Crippen LogP contribution is 2.43. The van der Waals surface area contributed by atoms with Crippen molar-refractivity contribution in [3.05, 3.63) is 71.6 Å². The molecule has 146 valence electrons. The molecule has 6 heteroatoms. The van der Waals surface area contributed by atoms with Gasteiger partial charge in [0.05, 0.1) is 26.4 Å². The van der Waals surface area contributed by atoms with Crippen molar-refractivity contribution < 1.29 is 0 Å². The number of rotatable bonds is 4. The second-order valence-electron chi connectivity index (χ2n) is 7.75. The first-order chi connectivity index (χ1) is 14.7. The summed E-state index contributed by atoms with van der Waals surface area (Å²) in [7, 11) is 0. The Morgan fingerprint density at radius 2 is 1.93 bits per heavy atom. The lowest BCUT2D eigenvalue weighted by Crippen LogP contribution is -1.98. The second kappa shape index (κ2) is 6.85. The van der Waals surface area contributed by atoms with Gasteiger partial charge < -0.3 is 5.32 Å². The minimum Gasteiger partial charge on any atom is -0.340 e. The summed E-state index contributed by atoms with van der Waals surface area (Å²) >= 11 is 1.81. The minimum absolute atomic E-state index is 0.676. The third kappa shape index (κ3) is 3.09. The molecule has 1 fully saturated rings. The first-order valence-corrected chi connectivity index (χ1v) is 10.9. The lowest BCUT2D eigenvalue weighted by molar-refractivity contribution is 1.10. The van der Waals surface area contributed by atoms with E-state index in [1.807, 2.05) is 36.7 Å². The van der Waals surface area contributed by atoms with Crippen molar-refractivity contribution in [2.75, 3.05) is 5.32 Å². The van der Waals surface area contributed by atoms with Gasteiger partial charge in [0.15, 0.2) is 0 Å². The van der Waals surface area contributed by atoms with Crippen LogP contribution < -0.4 is 5.32 Å². The Bertz CT molecular complexity index is 1400. The van der Waals surface area contributed by atoms with Crippen LogP contribution in [0.15, 0.2) is 61.1 Å². The van der Waals surface area contributed by atoms with Gasteiger partial charge in [-0.15, -0.1) is 11.3 Å². The highest BCUT2D eigenvalue weighted by atomic mass is 32.1. The third-order valence-corrected chi connectivity index (χ3v) is 6.69. The maximum Gasteiger partial charge on any atom is 0.140 e. The van der Waals surface area contributed by atoms with E-state index in [9.17, 15) is 0 Å². The molecule has 0 spiro atoms. The van der Waals surface area contributed by atoms with Crippen LogP contribution in [0.3, 0.4) is 0 Å². The summed E-state index contributed by atoms with van der Waals surface area (Å²) in [6.45, 7) is 2.07. The number of benzene rings is 1. The molecule has 4 heterocycles. The van der Waals surface area contributed by atoms with Gasteiger partial charge in [-0.2, -0.15) is 0 Å². The van der Waals surface area contributed by atoms with Crippen molar-refractivity contribution in [1.82, 2.24) is 19.9 Å². The molecule has 0 radical (unpaired) electrons. The third-order valence-electron chi connectivity index (χ3n) is 5.51. The number of aromatic nitrogens is 4. The van der Waals surface area contributed by atoms with Crippen molar-refractivity contribution in [2.24, 2.45) is 0 Å². The van der Waals surface area contributed by atoms with E-state index in [1.165, 1.54) is 22.5 Å². The van der Waals surface area contributed by atoms with Crippen molar-refractivity contribution in [2.45, 2.75) is 25.7 Å². The van der Waals surface area contributed by atoms with Gasteiger partial charge in [0.25, 0.3) is 0 Å². The number of pyridine rings is 3. The van der Waals surface area contributed by atoms with Gasteiger partial charge in [0.2, 0.25) is 0 Å². The Kier molecular flexibility index (Phi) is 3.99. The van der Waals surface area contributed by atoms with Crippen LogP contribution in [0.2, 0.25) is 0 Å². The first kappa shape index (κ1) is 17.5. The Morgan fingerprint density at radius 3 is 2.80 bits per heavy atom. The summed E-state index contributed by atoms with van der Waals surface area (Å²) in [5.41, 5.74) is 6.00. The van der Waals surface area contributed by atoms with Gasteiger partial charge in [0, 0.05) is 41.1 Å². The fourth-order valence-electron chi connectivity index (χ4n) is 3.70. The quantitative estimate of drug-likeness (QED) is 0.381. The molecule has 5 aromatic rings. The number of aryl methyl sites for hydroxylation is 1. The molecule has 1 aliphatic carbocycles. The summed E-state index contributed by atoms with van der Waals surface area (Å²) in [5.74, 6) is 1.47. The number of thiazole rings is 1. The largest absolute Gasteiger partial charge is 0.340 e. The lowest BCUT2D eigenvalue weighted by Gasteiger charge is -2.12. The Hall–Kier alpha value is -3.38. The Labute approximate surface area is 177 Å². The molecule has 1 saturated carbocycles. The molecule has 1 aromatic carbocycles. The highest BCUT2D eigenvalue weighted by Gasteiger charge is 2.27. The summed E-state index contributed by atoms with van der Waals surface area (Å²) < 4.78 is 1.21. The van der Waals surface area contributed by atoms with Crippen molar-refractivity contribution in [3.8, 4) is 11.3 Å². The highest BCUT2D eigenvalue weighted by molar-refractivity contribution is 7.18. The number of nitrogens with one attached hydrogen (secondary N) is 1. The van der Waals surface area contributed by atoms with Crippen LogP contribution in [0.1, 0.15) is 29.3 Å². The van der Waals surface area contributed by atoms with Gasteiger partial charge in [-0.05, 0) is 67.8 Å². The van der Waals surface area contributed by atoms with E-state index >= 15 is 0 Å². The average molecular weight is 410 g/mol. The number of hydrogen-bond donors (Lipinski definition) is 1. The number of anilines is 2. The van der Waals surface area contributed by atoms with Crippen LogP contribution in [-0.4, -0.2) is 19.9 Å². The van der Waals surface area contributed by atoms with Gasteiger partial charge in [-0.25, -0.2) is 9.97 Å². The Morgan fingerprint density at radius 1 is 1.00 bits per heavy atom. The zero-order valence-corrected chi connectivity index (χ0v) is 17.3. The van der Waals surface area contributed by atoms with Gasteiger partial charge >= 0.3 is 0 Å². The van der Waals surface area contributed by atoms with E-state index < -0.39 is 0 Å².